The molecule has 7 nitrogen and oxygen atoms in total. The van der Waals surface area contributed by atoms with E-state index in [2.05, 4.69) is 15.4 Å². The number of hydrogen-bond donors (Lipinski definition) is 0. The summed E-state index contributed by atoms with van der Waals surface area (Å²) in [6.45, 7) is 3.41. The maximum atomic E-state index is 11.9. The summed E-state index contributed by atoms with van der Waals surface area (Å²) < 4.78 is 4.99. The summed E-state index contributed by atoms with van der Waals surface area (Å²) in [5.74, 6) is -0.384. The maximum absolute atomic E-state index is 11.9. The monoisotopic (exact) mass is 356 g/mol. The van der Waals surface area contributed by atoms with Gasteiger partial charge in [-0.2, -0.15) is 4.80 Å². The lowest BCUT2D eigenvalue weighted by atomic mass is 10.1. The molecule has 2 aromatic heterocycles. The zero-order valence-corrected chi connectivity index (χ0v) is 14.6. The van der Waals surface area contributed by atoms with Gasteiger partial charge in [0.1, 0.15) is 0 Å². The molecular weight excluding hydrogens is 340 g/mol. The van der Waals surface area contributed by atoms with E-state index in [1.54, 1.807) is 6.07 Å². The molecule has 1 aromatic carbocycles. The van der Waals surface area contributed by atoms with Crippen molar-refractivity contribution in [3.8, 4) is 11.4 Å². The van der Waals surface area contributed by atoms with Crippen molar-refractivity contribution in [1.82, 2.24) is 20.2 Å². The standard InChI is InChI=1S/C17H16N4O3S/c1-11-3-6-13(7-4-11)17-18-20-21(19-17)9-16(23)24-10-14(22)15-8-5-12(2)25-15/h3-8H,9-10H2,1-2H3. The zero-order chi connectivity index (χ0) is 17.8. The lowest BCUT2D eigenvalue weighted by Gasteiger charge is -2.02. The van der Waals surface area contributed by atoms with Gasteiger partial charge in [0.15, 0.2) is 13.2 Å². The van der Waals surface area contributed by atoms with Gasteiger partial charge in [0, 0.05) is 10.4 Å². The van der Waals surface area contributed by atoms with E-state index in [0.717, 1.165) is 20.8 Å². The number of aryl methyl sites for hydroxylation is 2. The predicted molar refractivity (Wildman–Crippen MR) is 92.3 cm³/mol. The van der Waals surface area contributed by atoms with E-state index in [9.17, 15) is 9.59 Å². The number of ether oxygens (including phenoxy) is 1. The molecular formula is C17H16N4O3S. The minimum absolute atomic E-state index is 0.199. The van der Waals surface area contributed by atoms with Gasteiger partial charge in [-0.1, -0.05) is 29.8 Å². The van der Waals surface area contributed by atoms with Crippen molar-refractivity contribution in [2.45, 2.75) is 20.4 Å². The second-order valence-electron chi connectivity index (χ2n) is 5.50. The normalized spacial score (nSPS) is 10.6. The fraction of sp³-hybridized carbons (Fsp3) is 0.235. The molecule has 0 bridgehead atoms. The highest BCUT2D eigenvalue weighted by molar-refractivity contribution is 7.14. The Labute approximate surface area is 148 Å². The molecule has 0 spiro atoms. The second-order valence-corrected chi connectivity index (χ2v) is 6.79. The number of esters is 1. The number of nitrogens with zero attached hydrogens (tertiary/aromatic N) is 4. The Morgan fingerprint density at radius 3 is 2.56 bits per heavy atom. The summed E-state index contributed by atoms with van der Waals surface area (Å²) >= 11 is 1.37. The zero-order valence-electron chi connectivity index (χ0n) is 13.8. The van der Waals surface area contributed by atoms with Crippen LogP contribution in [0.1, 0.15) is 20.1 Å². The van der Waals surface area contributed by atoms with Crippen molar-refractivity contribution in [3.63, 3.8) is 0 Å². The first-order valence-corrected chi connectivity index (χ1v) is 8.43. The molecule has 0 unspecified atom stereocenters. The van der Waals surface area contributed by atoms with Crippen LogP contribution in [0.15, 0.2) is 36.4 Å². The number of Topliss-reactive ketones (excluding diaryl/α,β-unsaturated/α-hetero) is 1. The molecule has 0 saturated carbocycles. The van der Waals surface area contributed by atoms with E-state index >= 15 is 0 Å². The molecule has 0 radical (unpaired) electrons. The van der Waals surface area contributed by atoms with Gasteiger partial charge in [-0.3, -0.25) is 4.79 Å². The molecule has 128 valence electrons. The van der Waals surface area contributed by atoms with Crippen molar-refractivity contribution >= 4 is 23.1 Å². The third-order valence-corrected chi connectivity index (χ3v) is 4.45. The van der Waals surface area contributed by atoms with Crippen molar-refractivity contribution in [2.75, 3.05) is 6.61 Å². The number of ketones is 1. The van der Waals surface area contributed by atoms with Gasteiger partial charge < -0.3 is 4.74 Å². The second kappa shape index (κ2) is 7.35. The highest BCUT2D eigenvalue weighted by Crippen LogP contribution is 2.16. The van der Waals surface area contributed by atoms with Gasteiger partial charge >= 0.3 is 5.97 Å². The number of hydrogen-bond acceptors (Lipinski definition) is 7. The quantitative estimate of drug-likeness (QED) is 0.498. The van der Waals surface area contributed by atoms with Crippen molar-refractivity contribution in [2.24, 2.45) is 0 Å². The average Bonchev–Trinajstić information content (AvgIpc) is 3.22. The summed E-state index contributed by atoms with van der Waals surface area (Å²) in [6, 6.07) is 11.2. The Hall–Kier alpha value is -2.87. The van der Waals surface area contributed by atoms with Crippen LogP contribution in [-0.2, 0) is 16.1 Å². The Kier molecular flexibility index (Phi) is 4.99. The number of carbonyl (C=O) groups is 2. The van der Waals surface area contributed by atoms with E-state index in [1.807, 2.05) is 44.2 Å². The molecule has 0 aliphatic heterocycles. The number of thiophene rings is 1. The Balaban J connectivity index is 1.55. The summed E-state index contributed by atoms with van der Waals surface area (Å²) in [5.41, 5.74) is 1.94. The fourth-order valence-corrected chi connectivity index (χ4v) is 2.88. The molecule has 0 saturated heterocycles. The first-order valence-electron chi connectivity index (χ1n) is 7.61. The van der Waals surface area contributed by atoms with E-state index < -0.39 is 5.97 Å². The van der Waals surface area contributed by atoms with E-state index in [4.69, 9.17) is 4.74 Å². The Bertz CT molecular complexity index is 899. The number of carbonyl (C=O) groups excluding carboxylic acids is 2. The molecule has 0 atom stereocenters. The number of aromatic nitrogens is 4. The van der Waals surface area contributed by atoms with Crippen LogP contribution in [0.3, 0.4) is 0 Å². The van der Waals surface area contributed by atoms with E-state index in [1.165, 1.54) is 11.3 Å². The van der Waals surface area contributed by atoms with Crippen molar-refractivity contribution < 1.29 is 14.3 Å². The van der Waals surface area contributed by atoms with Gasteiger partial charge in [0.25, 0.3) is 0 Å². The highest BCUT2D eigenvalue weighted by atomic mass is 32.1. The summed E-state index contributed by atoms with van der Waals surface area (Å²) in [4.78, 5) is 26.5. The average molecular weight is 356 g/mol. The van der Waals surface area contributed by atoms with Gasteiger partial charge in [-0.15, -0.1) is 21.5 Å². The van der Waals surface area contributed by atoms with Crippen LogP contribution in [0.2, 0.25) is 0 Å². The highest BCUT2D eigenvalue weighted by Gasteiger charge is 2.14. The van der Waals surface area contributed by atoms with Crippen LogP contribution >= 0.6 is 11.3 Å². The minimum atomic E-state index is -0.588. The number of tetrazole rings is 1. The van der Waals surface area contributed by atoms with Crippen LogP contribution in [0.25, 0.3) is 11.4 Å². The fourth-order valence-electron chi connectivity index (χ4n) is 2.09. The molecule has 2 heterocycles. The van der Waals surface area contributed by atoms with E-state index in [-0.39, 0.29) is 18.9 Å². The first kappa shape index (κ1) is 17.0. The molecule has 0 amide bonds. The molecule has 3 aromatic rings. The number of benzene rings is 1. The van der Waals surface area contributed by atoms with Gasteiger partial charge in [0.2, 0.25) is 11.6 Å². The topological polar surface area (TPSA) is 87.0 Å². The number of rotatable bonds is 6. The maximum Gasteiger partial charge on any atom is 0.330 e. The van der Waals surface area contributed by atoms with Crippen LogP contribution in [0.5, 0.6) is 0 Å². The van der Waals surface area contributed by atoms with Gasteiger partial charge in [-0.25, -0.2) is 4.79 Å². The van der Waals surface area contributed by atoms with Gasteiger partial charge in [-0.05, 0) is 31.2 Å². The van der Waals surface area contributed by atoms with Crippen molar-refractivity contribution in [3.05, 3.63) is 51.7 Å². The molecule has 0 fully saturated rings. The summed E-state index contributed by atoms with van der Waals surface area (Å²) in [5, 5.41) is 11.9. The summed E-state index contributed by atoms with van der Waals surface area (Å²) in [6.07, 6.45) is 0. The molecule has 8 heteroatoms. The largest absolute Gasteiger partial charge is 0.456 e. The smallest absolute Gasteiger partial charge is 0.330 e. The third kappa shape index (κ3) is 4.36. The minimum Gasteiger partial charge on any atom is -0.456 e. The SMILES string of the molecule is Cc1ccc(-c2nnn(CC(=O)OCC(=O)c3ccc(C)s3)n2)cc1. The molecule has 3 rings (SSSR count). The predicted octanol–water partition coefficient (Wildman–Crippen LogP) is 2.44. The molecule has 0 aliphatic rings. The van der Waals surface area contributed by atoms with Crippen LogP contribution in [0.4, 0.5) is 0 Å². The summed E-state index contributed by atoms with van der Waals surface area (Å²) in [7, 11) is 0. The molecule has 25 heavy (non-hydrogen) atoms. The first-order chi connectivity index (χ1) is 12.0. The van der Waals surface area contributed by atoms with Crippen LogP contribution < -0.4 is 0 Å². The third-order valence-electron chi connectivity index (χ3n) is 3.41. The molecule has 0 N–H and O–H groups in total. The molecule has 0 aliphatic carbocycles. The van der Waals surface area contributed by atoms with E-state index in [0.29, 0.717) is 10.7 Å². The Morgan fingerprint density at radius 1 is 1.12 bits per heavy atom. The van der Waals surface area contributed by atoms with Crippen molar-refractivity contribution in [1.29, 1.82) is 0 Å². The van der Waals surface area contributed by atoms with Crippen LogP contribution in [-0.4, -0.2) is 38.6 Å². The Morgan fingerprint density at radius 2 is 1.88 bits per heavy atom. The lowest BCUT2D eigenvalue weighted by molar-refractivity contribution is -0.143. The lowest BCUT2D eigenvalue weighted by Crippen LogP contribution is -2.19. The van der Waals surface area contributed by atoms with Crippen LogP contribution in [0, 0.1) is 13.8 Å². The van der Waals surface area contributed by atoms with Gasteiger partial charge in [0.05, 0.1) is 4.88 Å².